The topological polar surface area (TPSA) is 75.3 Å². The highest BCUT2D eigenvalue weighted by Crippen LogP contribution is 2.28. The van der Waals surface area contributed by atoms with E-state index in [4.69, 9.17) is 0 Å². The van der Waals surface area contributed by atoms with Gasteiger partial charge in [0, 0.05) is 18.0 Å². The molecule has 0 bridgehead atoms. The summed E-state index contributed by atoms with van der Waals surface area (Å²) < 4.78 is 1.40. The number of aliphatic hydroxyl groups excluding tert-OH is 1. The number of aliphatic hydroxyl groups is 1. The number of nitrogens with zero attached hydrogens (tertiary/aromatic N) is 2. The van der Waals surface area contributed by atoms with Gasteiger partial charge in [-0.1, -0.05) is 0 Å². The first-order valence-corrected chi connectivity index (χ1v) is 5.51. The zero-order valence-electron chi connectivity index (χ0n) is 9.09. The fraction of sp³-hybridized carbons (Fsp3) is 0.200. The molecule has 0 aliphatic heterocycles. The molecule has 0 saturated heterocycles. The molecule has 18 heavy (non-hydrogen) atoms. The second kappa shape index (κ2) is 6.75. The van der Waals surface area contributed by atoms with Gasteiger partial charge in [-0.2, -0.15) is 11.3 Å². The Labute approximate surface area is 120 Å². The summed E-state index contributed by atoms with van der Waals surface area (Å²) in [7, 11) is 0. The Balaban J connectivity index is 0.00000144. The highest BCUT2D eigenvalue weighted by Gasteiger charge is 2.42. The largest absolute Gasteiger partial charge is 0.479 e. The second-order valence-corrected chi connectivity index (χ2v) is 4.09. The van der Waals surface area contributed by atoms with Gasteiger partial charge in [0.2, 0.25) is 0 Å². The van der Waals surface area contributed by atoms with Crippen LogP contribution >= 0.6 is 36.2 Å². The Morgan fingerprint density at radius 2 is 2.22 bits per heavy atom. The van der Waals surface area contributed by atoms with Gasteiger partial charge in [-0.15, -0.1) is 24.8 Å². The number of carboxylic acid groups (broad SMARTS) is 1. The maximum atomic E-state index is 11.4. The van der Waals surface area contributed by atoms with E-state index in [0.29, 0.717) is 5.56 Å². The summed E-state index contributed by atoms with van der Waals surface area (Å²) in [4.78, 5) is 15.3. The van der Waals surface area contributed by atoms with Crippen molar-refractivity contribution < 1.29 is 15.0 Å². The van der Waals surface area contributed by atoms with Crippen LogP contribution in [0.3, 0.4) is 0 Å². The molecule has 0 amide bonds. The van der Waals surface area contributed by atoms with E-state index in [1.54, 1.807) is 16.8 Å². The van der Waals surface area contributed by atoms with Gasteiger partial charge >= 0.3 is 5.97 Å². The predicted molar refractivity (Wildman–Crippen MR) is 72.8 cm³/mol. The number of carbonyl (C=O) groups is 1. The molecule has 1 unspecified atom stereocenters. The fourth-order valence-electron chi connectivity index (χ4n) is 1.61. The van der Waals surface area contributed by atoms with Crippen molar-refractivity contribution in [2.45, 2.75) is 5.54 Å². The number of thiophene rings is 1. The first-order valence-electron chi connectivity index (χ1n) is 4.57. The fourth-order valence-corrected chi connectivity index (χ4v) is 2.33. The van der Waals surface area contributed by atoms with Crippen molar-refractivity contribution in [3.8, 4) is 0 Å². The lowest BCUT2D eigenvalue weighted by atomic mass is 9.93. The first kappa shape index (κ1) is 16.9. The average Bonchev–Trinajstić information content (AvgIpc) is 2.89. The molecule has 0 fully saturated rings. The molecular formula is C10H12Cl2N2O3S. The molecule has 2 heterocycles. The summed E-state index contributed by atoms with van der Waals surface area (Å²) in [5.41, 5.74) is -0.929. The molecule has 2 aromatic rings. The number of hydrogen-bond acceptors (Lipinski definition) is 4. The molecule has 8 heteroatoms. The van der Waals surface area contributed by atoms with E-state index in [0.717, 1.165) is 0 Å². The normalized spacial score (nSPS) is 12.9. The van der Waals surface area contributed by atoms with Crippen molar-refractivity contribution in [3.05, 3.63) is 41.1 Å². The molecule has 0 saturated carbocycles. The third kappa shape index (κ3) is 2.51. The van der Waals surface area contributed by atoms with E-state index in [-0.39, 0.29) is 24.8 Å². The summed E-state index contributed by atoms with van der Waals surface area (Å²) in [5, 5.41) is 22.3. The van der Waals surface area contributed by atoms with E-state index in [1.165, 1.54) is 34.6 Å². The molecule has 2 N–H and O–H groups in total. The molecule has 0 aliphatic carbocycles. The number of halogens is 2. The molecule has 5 nitrogen and oxygen atoms in total. The van der Waals surface area contributed by atoms with Crippen LogP contribution in [0.4, 0.5) is 0 Å². The van der Waals surface area contributed by atoms with Crippen molar-refractivity contribution >= 4 is 42.1 Å². The number of aromatic nitrogens is 2. The second-order valence-electron chi connectivity index (χ2n) is 3.31. The maximum absolute atomic E-state index is 11.4. The smallest absolute Gasteiger partial charge is 0.337 e. The number of aliphatic carboxylic acids is 1. The lowest BCUT2D eigenvalue weighted by molar-refractivity contribution is -0.147. The van der Waals surface area contributed by atoms with E-state index < -0.39 is 18.1 Å². The lowest BCUT2D eigenvalue weighted by Crippen LogP contribution is -2.45. The van der Waals surface area contributed by atoms with Gasteiger partial charge < -0.3 is 14.8 Å². The van der Waals surface area contributed by atoms with Gasteiger partial charge in [0.25, 0.3) is 0 Å². The van der Waals surface area contributed by atoms with Crippen molar-refractivity contribution in [2.75, 3.05) is 6.61 Å². The predicted octanol–water partition coefficient (Wildman–Crippen LogP) is 1.61. The van der Waals surface area contributed by atoms with E-state index in [2.05, 4.69) is 4.98 Å². The van der Waals surface area contributed by atoms with Gasteiger partial charge in [0.1, 0.15) is 0 Å². The van der Waals surface area contributed by atoms with Gasteiger partial charge in [-0.3, -0.25) is 0 Å². The number of rotatable bonds is 4. The Bertz CT molecular complexity index is 439. The van der Waals surface area contributed by atoms with Crippen molar-refractivity contribution in [1.82, 2.24) is 9.55 Å². The molecule has 100 valence electrons. The molecular weight excluding hydrogens is 299 g/mol. The molecule has 0 spiro atoms. The Kier molecular flexibility index (Phi) is 6.34. The minimum atomic E-state index is -1.48. The van der Waals surface area contributed by atoms with Crippen molar-refractivity contribution in [1.29, 1.82) is 0 Å². The summed E-state index contributed by atoms with van der Waals surface area (Å²) in [6, 6.07) is 1.69. The minimum absolute atomic E-state index is 0. The Morgan fingerprint density at radius 3 is 2.61 bits per heavy atom. The van der Waals surface area contributed by atoms with Crippen LogP contribution in [0.1, 0.15) is 5.56 Å². The summed E-state index contributed by atoms with van der Waals surface area (Å²) in [6.45, 7) is -0.518. The van der Waals surface area contributed by atoms with Crippen LogP contribution < -0.4 is 0 Å². The third-order valence-electron chi connectivity index (χ3n) is 2.53. The minimum Gasteiger partial charge on any atom is -0.479 e. The first-order chi connectivity index (χ1) is 7.71. The quantitative estimate of drug-likeness (QED) is 0.899. The monoisotopic (exact) mass is 310 g/mol. The third-order valence-corrected chi connectivity index (χ3v) is 3.21. The summed E-state index contributed by atoms with van der Waals surface area (Å²) in [6.07, 6.45) is 4.41. The number of hydrogen-bond donors (Lipinski definition) is 2. The van der Waals surface area contributed by atoms with Crippen molar-refractivity contribution in [3.63, 3.8) is 0 Å². The molecule has 2 rings (SSSR count). The van der Waals surface area contributed by atoms with E-state index in [9.17, 15) is 15.0 Å². The van der Waals surface area contributed by atoms with Crippen LogP contribution in [0.15, 0.2) is 35.5 Å². The Hall–Kier alpha value is -1.08. The van der Waals surface area contributed by atoms with E-state index >= 15 is 0 Å². The zero-order valence-corrected chi connectivity index (χ0v) is 11.5. The van der Waals surface area contributed by atoms with Crippen LogP contribution in [0, 0.1) is 0 Å². The van der Waals surface area contributed by atoms with Gasteiger partial charge in [0.05, 0.1) is 12.9 Å². The standard InChI is InChI=1S/C10H10N2O3S.2ClH/c13-6-10(9(14)15,8-1-4-16-5-8)12-3-2-11-7-12;;/h1-5,7,13H,6H2,(H,14,15);2*1H. The SMILES string of the molecule is Cl.Cl.O=C(O)C(CO)(c1ccsc1)n1ccnc1. The van der Waals surface area contributed by atoms with Crippen LogP contribution in [0.2, 0.25) is 0 Å². The molecule has 2 aromatic heterocycles. The van der Waals surface area contributed by atoms with Gasteiger partial charge in [-0.05, 0) is 16.8 Å². The van der Waals surface area contributed by atoms with Crippen LogP contribution in [-0.2, 0) is 10.3 Å². The van der Waals surface area contributed by atoms with Gasteiger partial charge in [-0.25, -0.2) is 9.78 Å². The zero-order chi connectivity index (χ0) is 11.6. The number of imidazole rings is 1. The van der Waals surface area contributed by atoms with Gasteiger partial charge in [0.15, 0.2) is 5.54 Å². The van der Waals surface area contributed by atoms with Crippen LogP contribution in [0.25, 0.3) is 0 Å². The highest BCUT2D eigenvalue weighted by atomic mass is 35.5. The average molecular weight is 311 g/mol. The Morgan fingerprint density at radius 1 is 1.50 bits per heavy atom. The van der Waals surface area contributed by atoms with Crippen molar-refractivity contribution in [2.24, 2.45) is 0 Å². The number of carboxylic acids is 1. The molecule has 0 aromatic carbocycles. The molecule has 0 aliphatic rings. The maximum Gasteiger partial charge on any atom is 0.337 e. The lowest BCUT2D eigenvalue weighted by Gasteiger charge is -2.27. The van der Waals surface area contributed by atoms with E-state index in [1.807, 2.05) is 0 Å². The van der Waals surface area contributed by atoms with Crippen LogP contribution in [0.5, 0.6) is 0 Å². The molecule has 1 atom stereocenters. The molecule has 0 radical (unpaired) electrons. The highest BCUT2D eigenvalue weighted by molar-refractivity contribution is 7.08. The summed E-state index contributed by atoms with van der Waals surface area (Å²) in [5.74, 6) is -1.11. The van der Waals surface area contributed by atoms with Crippen LogP contribution in [-0.4, -0.2) is 32.3 Å². The summed E-state index contributed by atoms with van der Waals surface area (Å²) >= 11 is 1.39.